The Morgan fingerprint density at radius 1 is 1.16 bits per heavy atom. The summed E-state index contributed by atoms with van der Waals surface area (Å²) in [6.07, 6.45) is 2.60. The first-order valence-corrected chi connectivity index (χ1v) is 12.2. The second-order valence-corrected chi connectivity index (χ2v) is 9.20. The Morgan fingerprint density at radius 3 is 2.58 bits per heavy atom. The zero-order valence-corrected chi connectivity index (χ0v) is 21.6. The molecule has 0 aliphatic carbocycles. The van der Waals surface area contributed by atoms with E-state index in [-0.39, 0.29) is 24.5 Å². The average molecular weight is 514 g/mol. The van der Waals surface area contributed by atoms with Crippen molar-refractivity contribution >= 4 is 35.1 Å². The number of nitrogens with two attached hydrogens (primary N) is 1. The van der Waals surface area contributed by atoms with Crippen LogP contribution in [0.1, 0.15) is 37.6 Å². The Hall–Kier alpha value is -4.73. The van der Waals surface area contributed by atoms with Gasteiger partial charge in [0.05, 0.1) is 18.8 Å². The highest BCUT2D eigenvalue weighted by molar-refractivity contribution is 6.08. The van der Waals surface area contributed by atoms with E-state index >= 15 is 0 Å². The van der Waals surface area contributed by atoms with Crippen LogP contribution in [0.2, 0.25) is 0 Å². The molecule has 2 heterocycles. The quantitative estimate of drug-likeness (QED) is 0.320. The lowest BCUT2D eigenvalue weighted by Gasteiger charge is -2.14. The second-order valence-electron chi connectivity index (χ2n) is 9.20. The fraction of sp³-hybridized carbons (Fsp3) is 0.250. The molecule has 4 rings (SSSR count). The van der Waals surface area contributed by atoms with E-state index in [1.165, 1.54) is 19.3 Å². The van der Waals surface area contributed by atoms with Gasteiger partial charge < -0.3 is 31.4 Å². The topological polar surface area (TPSA) is 146 Å². The van der Waals surface area contributed by atoms with Crippen LogP contribution >= 0.6 is 0 Å². The van der Waals surface area contributed by atoms with Gasteiger partial charge in [-0.05, 0) is 43.7 Å². The van der Waals surface area contributed by atoms with Gasteiger partial charge in [0, 0.05) is 47.8 Å². The number of hydrogen-bond donors (Lipinski definition) is 4. The summed E-state index contributed by atoms with van der Waals surface area (Å²) in [5.74, 6) is 1.36. The Balaban J connectivity index is 1.63. The molecule has 196 valence electrons. The van der Waals surface area contributed by atoms with Gasteiger partial charge in [-0.1, -0.05) is 24.3 Å². The number of nitrogens with zero attached hydrogens (tertiary/aromatic N) is 3. The third-order valence-corrected chi connectivity index (χ3v) is 5.96. The number of aromatic nitrogens is 2. The number of allylic oxidation sites excluding steroid dienone is 1. The fourth-order valence-corrected chi connectivity index (χ4v) is 4.06. The monoisotopic (exact) mass is 513 g/mol. The Labute approximate surface area is 221 Å². The normalized spacial score (nSPS) is 12.7. The molecule has 3 aromatic rings. The maximum Gasteiger partial charge on any atom is 0.258 e. The molecular formula is C28H31N7O3. The van der Waals surface area contributed by atoms with Gasteiger partial charge in [0.15, 0.2) is 12.4 Å². The van der Waals surface area contributed by atoms with Crippen molar-refractivity contribution in [1.82, 2.24) is 20.2 Å². The summed E-state index contributed by atoms with van der Waals surface area (Å²) in [6, 6.07) is 14.8. The van der Waals surface area contributed by atoms with Gasteiger partial charge in [-0.3, -0.25) is 9.59 Å². The second kappa shape index (κ2) is 11.5. The van der Waals surface area contributed by atoms with Gasteiger partial charge in [0.2, 0.25) is 5.91 Å². The summed E-state index contributed by atoms with van der Waals surface area (Å²) < 4.78 is 5.68. The molecule has 2 aromatic carbocycles. The lowest BCUT2D eigenvalue weighted by atomic mass is 10.1. The van der Waals surface area contributed by atoms with Crippen molar-refractivity contribution in [2.75, 3.05) is 11.9 Å². The zero-order valence-electron chi connectivity index (χ0n) is 21.6. The van der Waals surface area contributed by atoms with Crippen molar-refractivity contribution in [3.63, 3.8) is 0 Å². The van der Waals surface area contributed by atoms with E-state index in [4.69, 9.17) is 25.8 Å². The van der Waals surface area contributed by atoms with Crippen LogP contribution in [0.15, 0.2) is 54.7 Å². The van der Waals surface area contributed by atoms with Crippen LogP contribution in [-0.2, 0) is 22.7 Å². The first kappa shape index (κ1) is 26.3. The number of carbonyl (C=O) groups is 2. The molecule has 2 amide bonds. The van der Waals surface area contributed by atoms with Crippen LogP contribution in [0.25, 0.3) is 17.0 Å². The molecule has 0 atom stereocenters. The molecule has 0 saturated heterocycles. The Morgan fingerprint density at radius 2 is 1.92 bits per heavy atom. The molecule has 1 aromatic heterocycles. The van der Waals surface area contributed by atoms with E-state index in [1.54, 1.807) is 17.0 Å². The van der Waals surface area contributed by atoms with Crippen molar-refractivity contribution < 1.29 is 14.3 Å². The molecule has 0 spiro atoms. The molecule has 1 aliphatic rings. The molecular weight excluding hydrogens is 482 g/mol. The third kappa shape index (κ3) is 6.15. The number of anilines is 2. The number of benzene rings is 2. The number of hydrogen-bond acceptors (Lipinski definition) is 8. The van der Waals surface area contributed by atoms with Crippen LogP contribution in [0.3, 0.4) is 0 Å². The largest absolute Gasteiger partial charge is 0.484 e. The molecule has 10 heteroatoms. The van der Waals surface area contributed by atoms with Crippen LogP contribution < -0.4 is 21.1 Å². The van der Waals surface area contributed by atoms with Crippen molar-refractivity contribution in [2.24, 2.45) is 5.73 Å². The number of ether oxygens (including phenoxy) is 1. The van der Waals surface area contributed by atoms with Gasteiger partial charge in [-0.2, -0.15) is 0 Å². The minimum atomic E-state index is -0.198. The average Bonchev–Trinajstić information content (AvgIpc) is 3.34. The van der Waals surface area contributed by atoms with Crippen molar-refractivity contribution in [3.8, 4) is 17.1 Å². The van der Waals surface area contributed by atoms with Gasteiger partial charge in [0.1, 0.15) is 11.6 Å². The highest BCUT2D eigenvalue weighted by atomic mass is 16.5. The minimum absolute atomic E-state index is 0.0316. The lowest BCUT2D eigenvalue weighted by molar-refractivity contribution is -0.129. The van der Waals surface area contributed by atoms with Crippen LogP contribution in [-0.4, -0.2) is 45.5 Å². The summed E-state index contributed by atoms with van der Waals surface area (Å²) in [5.41, 5.74) is 10.2. The molecule has 10 nitrogen and oxygen atoms in total. The molecule has 5 N–H and O–H groups in total. The van der Waals surface area contributed by atoms with Gasteiger partial charge in [-0.25, -0.2) is 9.97 Å². The van der Waals surface area contributed by atoms with Crippen molar-refractivity contribution in [2.45, 2.75) is 39.9 Å². The number of carbonyl (C=O) groups excluding carboxylic acids is 2. The maximum absolute atomic E-state index is 12.1. The van der Waals surface area contributed by atoms with E-state index in [1.807, 2.05) is 50.2 Å². The van der Waals surface area contributed by atoms with Gasteiger partial charge in [0.25, 0.3) is 5.91 Å². The molecule has 1 aliphatic heterocycles. The predicted octanol–water partition coefficient (Wildman–Crippen LogP) is 3.60. The SMILES string of the molecule is CC(=O)N1Cc2nc(-c3cccc(OCC(=O)NC(C)C)c3)nc(Nc3ccc(/C(C=N)=C/N)cc3)c2C1. The summed E-state index contributed by atoms with van der Waals surface area (Å²) in [4.78, 5) is 35.4. The first-order chi connectivity index (χ1) is 18.3. The third-order valence-electron chi connectivity index (χ3n) is 5.96. The summed E-state index contributed by atoms with van der Waals surface area (Å²) in [5, 5.41) is 13.7. The van der Waals surface area contributed by atoms with Crippen LogP contribution in [0.4, 0.5) is 11.5 Å². The van der Waals surface area contributed by atoms with Crippen molar-refractivity contribution in [1.29, 1.82) is 5.41 Å². The minimum Gasteiger partial charge on any atom is -0.484 e. The Bertz CT molecular complexity index is 1380. The van der Waals surface area contributed by atoms with E-state index < -0.39 is 0 Å². The summed E-state index contributed by atoms with van der Waals surface area (Å²) >= 11 is 0. The highest BCUT2D eigenvalue weighted by Crippen LogP contribution is 2.32. The fourth-order valence-electron chi connectivity index (χ4n) is 4.06. The van der Waals surface area contributed by atoms with Crippen molar-refractivity contribution in [3.05, 3.63) is 71.6 Å². The highest BCUT2D eigenvalue weighted by Gasteiger charge is 2.27. The smallest absolute Gasteiger partial charge is 0.258 e. The molecule has 0 unspecified atom stereocenters. The van der Waals surface area contributed by atoms with E-state index in [2.05, 4.69) is 10.6 Å². The Kier molecular flexibility index (Phi) is 8.00. The van der Waals surface area contributed by atoms with E-state index in [9.17, 15) is 9.59 Å². The maximum atomic E-state index is 12.1. The summed E-state index contributed by atoms with van der Waals surface area (Å²) in [7, 11) is 0. The lowest BCUT2D eigenvalue weighted by Crippen LogP contribution is -2.34. The molecule has 0 fully saturated rings. The van der Waals surface area contributed by atoms with E-state index in [0.29, 0.717) is 36.1 Å². The van der Waals surface area contributed by atoms with Crippen LogP contribution in [0, 0.1) is 5.41 Å². The number of nitrogens with one attached hydrogen (secondary N) is 3. The predicted molar refractivity (Wildman–Crippen MR) is 147 cm³/mol. The molecule has 38 heavy (non-hydrogen) atoms. The standard InChI is InChI=1S/C28H31N7O3/c1-17(2)31-26(37)16-38-23-6-4-5-20(11-23)27-33-25-15-35(18(3)36)14-24(25)28(34-27)32-22-9-7-19(8-10-22)21(12-29)13-30/h4-13,17,29H,14-16,30H2,1-3H3,(H,31,37)(H,32,33,34)/b21-13+,29-12?. The first-order valence-electron chi connectivity index (χ1n) is 12.2. The van der Waals surface area contributed by atoms with Crippen LogP contribution in [0.5, 0.6) is 5.75 Å². The number of rotatable bonds is 9. The van der Waals surface area contributed by atoms with Gasteiger partial charge >= 0.3 is 0 Å². The molecule has 0 radical (unpaired) electrons. The number of amides is 2. The van der Waals surface area contributed by atoms with Gasteiger partial charge in [-0.15, -0.1) is 0 Å². The zero-order chi connectivity index (χ0) is 27.2. The number of fused-ring (bicyclic) bond motifs is 1. The molecule has 0 saturated carbocycles. The van der Waals surface area contributed by atoms with E-state index in [0.717, 1.165) is 28.1 Å². The summed E-state index contributed by atoms with van der Waals surface area (Å²) in [6.45, 7) is 6.02. The molecule has 0 bridgehead atoms.